The quantitative estimate of drug-likeness (QED) is 0.630. The van der Waals surface area contributed by atoms with Crippen LogP contribution in [0, 0.1) is 11.3 Å². The Morgan fingerprint density at radius 3 is 2.23 bits per heavy atom. The van der Waals surface area contributed by atoms with E-state index in [9.17, 15) is 0 Å². The topological polar surface area (TPSA) is 3.24 Å². The van der Waals surface area contributed by atoms with Crippen molar-refractivity contribution >= 4 is 0 Å². The van der Waals surface area contributed by atoms with Gasteiger partial charge in [-0.1, -0.05) is 33.8 Å². The Bertz CT molecular complexity index is 161. The molecule has 0 spiro atoms. The Balaban J connectivity index is 4.26. The standard InChI is InChI=1S/C12H25N/c1-7-9-13(6)10-12(5,8-2)11(3)4/h7,9,11H,8,10H2,1-6H3/b9-7-. The lowest BCUT2D eigenvalue weighted by Gasteiger charge is -2.36. The predicted octanol–water partition coefficient (Wildman–Crippen LogP) is 3.52. The van der Waals surface area contributed by atoms with Gasteiger partial charge in [0.1, 0.15) is 0 Å². The highest BCUT2D eigenvalue weighted by atomic mass is 15.1. The van der Waals surface area contributed by atoms with Crippen molar-refractivity contribution in [1.82, 2.24) is 4.90 Å². The van der Waals surface area contributed by atoms with Crippen LogP contribution in [-0.2, 0) is 0 Å². The molecule has 0 rings (SSSR count). The van der Waals surface area contributed by atoms with Gasteiger partial charge >= 0.3 is 0 Å². The lowest BCUT2D eigenvalue weighted by Crippen LogP contribution is -2.34. The summed E-state index contributed by atoms with van der Waals surface area (Å²) in [7, 11) is 2.15. The Hall–Kier alpha value is -0.460. The minimum Gasteiger partial charge on any atom is -0.380 e. The first-order valence-corrected chi connectivity index (χ1v) is 5.29. The maximum atomic E-state index is 2.37. The van der Waals surface area contributed by atoms with Crippen molar-refractivity contribution in [1.29, 1.82) is 0 Å². The van der Waals surface area contributed by atoms with Crippen molar-refractivity contribution in [3.8, 4) is 0 Å². The Labute approximate surface area is 83.8 Å². The molecule has 78 valence electrons. The van der Waals surface area contributed by atoms with E-state index in [0.29, 0.717) is 5.41 Å². The summed E-state index contributed by atoms with van der Waals surface area (Å²) in [6, 6.07) is 0. The molecule has 0 fully saturated rings. The van der Waals surface area contributed by atoms with Crippen LogP contribution in [0.15, 0.2) is 12.3 Å². The molecule has 1 nitrogen and oxygen atoms in total. The van der Waals surface area contributed by atoms with Crippen molar-refractivity contribution in [2.75, 3.05) is 13.6 Å². The van der Waals surface area contributed by atoms with E-state index in [1.807, 2.05) is 0 Å². The van der Waals surface area contributed by atoms with E-state index in [-0.39, 0.29) is 0 Å². The average molecular weight is 183 g/mol. The fourth-order valence-electron chi connectivity index (χ4n) is 1.58. The molecule has 1 atom stereocenters. The SMILES string of the molecule is C/C=C\N(C)CC(C)(CC)C(C)C. The summed E-state index contributed by atoms with van der Waals surface area (Å²) in [5.74, 6) is 0.741. The molecule has 0 bridgehead atoms. The molecule has 0 aliphatic carbocycles. The zero-order chi connectivity index (χ0) is 10.5. The lowest BCUT2D eigenvalue weighted by atomic mass is 9.76. The first-order valence-electron chi connectivity index (χ1n) is 5.29. The molecule has 0 N–H and O–H groups in total. The van der Waals surface area contributed by atoms with Crippen LogP contribution in [0.1, 0.15) is 41.0 Å². The van der Waals surface area contributed by atoms with E-state index in [4.69, 9.17) is 0 Å². The lowest BCUT2D eigenvalue weighted by molar-refractivity contribution is 0.156. The van der Waals surface area contributed by atoms with Crippen molar-refractivity contribution in [2.45, 2.75) is 41.0 Å². The third-order valence-electron chi connectivity index (χ3n) is 3.22. The second kappa shape index (κ2) is 5.31. The number of hydrogen-bond acceptors (Lipinski definition) is 1. The third-order valence-corrected chi connectivity index (χ3v) is 3.22. The van der Waals surface area contributed by atoms with Crippen molar-refractivity contribution < 1.29 is 0 Å². The van der Waals surface area contributed by atoms with Crippen molar-refractivity contribution in [2.24, 2.45) is 11.3 Å². The Morgan fingerprint density at radius 2 is 1.92 bits per heavy atom. The first-order chi connectivity index (χ1) is 5.96. The van der Waals surface area contributed by atoms with Crippen LogP contribution in [0.25, 0.3) is 0 Å². The maximum Gasteiger partial charge on any atom is 0.0225 e. The van der Waals surface area contributed by atoms with Gasteiger partial charge in [-0.25, -0.2) is 0 Å². The van der Waals surface area contributed by atoms with Crippen LogP contribution in [0.4, 0.5) is 0 Å². The van der Waals surface area contributed by atoms with Crippen molar-refractivity contribution in [3.63, 3.8) is 0 Å². The molecular formula is C12H25N. The van der Waals surface area contributed by atoms with Crippen LogP contribution < -0.4 is 0 Å². The molecule has 0 saturated carbocycles. The monoisotopic (exact) mass is 183 g/mol. The summed E-state index contributed by atoms with van der Waals surface area (Å²) in [6.45, 7) is 12.5. The maximum absolute atomic E-state index is 2.37. The summed E-state index contributed by atoms with van der Waals surface area (Å²) in [6.07, 6.45) is 5.49. The summed E-state index contributed by atoms with van der Waals surface area (Å²) in [5, 5.41) is 0. The van der Waals surface area contributed by atoms with Gasteiger partial charge in [0, 0.05) is 13.6 Å². The van der Waals surface area contributed by atoms with Crippen LogP contribution in [0.5, 0.6) is 0 Å². The molecule has 13 heavy (non-hydrogen) atoms. The average Bonchev–Trinajstić information content (AvgIpc) is 2.04. The van der Waals surface area contributed by atoms with Gasteiger partial charge in [-0.2, -0.15) is 0 Å². The molecule has 0 aliphatic rings. The molecule has 0 aliphatic heterocycles. The van der Waals surface area contributed by atoms with E-state index < -0.39 is 0 Å². The molecule has 1 unspecified atom stereocenters. The molecule has 0 heterocycles. The van der Waals surface area contributed by atoms with E-state index in [2.05, 4.69) is 58.8 Å². The second-order valence-corrected chi connectivity index (χ2v) is 4.56. The highest BCUT2D eigenvalue weighted by Crippen LogP contribution is 2.31. The minimum atomic E-state index is 0.439. The molecule has 0 aromatic carbocycles. The summed E-state index contributed by atoms with van der Waals surface area (Å²) < 4.78 is 0. The van der Waals surface area contributed by atoms with Gasteiger partial charge in [0.2, 0.25) is 0 Å². The Kier molecular flexibility index (Phi) is 5.12. The van der Waals surface area contributed by atoms with Crippen LogP contribution in [0.2, 0.25) is 0 Å². The second-order valence-electron chi connectivity index (χ2n) is 4.56. The van der Waals surface area contributed by atoms with Gasteiger partial charge in [0.25, 0.3) is 0 Å². The van der Waals surface area contributed by atoms with Gasteiger partial charge in [-0.3, -0.25) is 0 Å². The number of rotatable bonds is 5. The zero-order valence-electron chi connectivity index (χ0n) is 10.1. The van der Waals surface area contributed by atoms with E-state index in [1.54, 1.807) is 0 Å². The molecule has 0 aromatic rings. The minimum absolute atomic E-state index is 0.439. The third kappa shape index (κ3) is 3.84. The van der Waals surface area contributed by atoms with Gasteiger partial charge in [-0.15, -0.1) is 0 Å². The largest absolute Gasteiger partial charge is 0.380 e. The molecular weight excluding hydrogens is 158 g/mol. The van der Waals surface area contributed by atoms with E-state index in [1.165, 1.54) is 6.42 Å². The van der Waals surface area contributed by atoms with E-state index in [0.717, 1.165) is 12.5 Å². The number of allylic oxidation sites excluding steroid dienone is 1. The summed E-state index contributed by atoms with van der Waals surface area (Å²) >= 11 is 0. The summed E-state index contributed by atoms with van der Waals surface area (Å²) in [5.41, 5.74) is 0.439. The molecule has 0 radical (unpaired) electrons. The smallest absolute Gasteiger partial charge is 0.0225 e. The molecule has 0 saturated heterocycles. The normalized spacial score (nSPS) is 16.5. The van der Waals surface area contributed by atoms with E-state index >= 15 is 0 Å². The predicted molar refractivity (Wildman–Crippen MR) is 60.7 cm³/mol. The Morgan fingerprint density at radius 1 is 1.38 bits per heavy atom. The van der Waals surface area contributed by atoms with Gasteiger partial charge in [0.15, 0.2) is 0 Å². The molecule has 1 heteroatoms. The number of nitrogens with zero attached hydrogens (tertiary/aromatic N) is 1. The molecule has 0 aromatic heterocycles. The highest BCUT2D eigenvalue weighted by Gasteiger charge is 2.26. The van der Waals surface area contributed by atoms with Gasteiger partial charge in [-0.05, 0) is 30.9 Å². The van der Waals surface area contributed by atoms with Crippen LogP contribution >= 0.6 is 0 Å². The van der Waals surface area contributed by atoms with Gasteiger partial charge < -0.3 is 4.90 Å². The van der Waals surface area contributed by atoms with Crippen LogP contribution in [-0.4, -0.2) is 18.5 Å². The first kappa shape index (κ1) is 12.5. The van der Waals surface area contributed by atoms with Gasteiger partial charge in [0.05, 0.1) is 0 Å². The summed E-state index contributed by atoms with van der Waals surface area (Å²) in [4.78, 5) is 2.28. The van der Waals surface area contributed by atoms with Crippen molar-refractivity contribution in [3.05, 3.63) is 12.3 Å². The fraction of sp³-hybridized carbons (Fsp3) is 0.833. The van der Waals surface area contributed by atoms with Crippen LogP contribution in [0.3, 0.4) is 0 Å². The molecule has 0 amide bonds. The zero-order valence-corrected chi connectivity index (χ0v) is 10.1. The highest BCUT2D eigenvalue weighted by molar-refractivity contribution is 4.84. The number of hydrogen-bond donors (Lipinski definition) is 0. The fourth-order valence-corrected chi connectivity index (χ4v) is 1.58.